The zero-order chi connectivity index (χ0) is 13.2. The molecule has 19 heavy (non-hydrogen) atoms. The Bertz CT molecular complexity index is 569. The molecule has 1 unspecified atom stereocenters. The number of hydrogen-bond acceptors (Lipinski definition) is 2. The molecule has 0 amide bonds. The molecule has 1 aliphatic rings. The summed E-state index contributed by atoms with van der Waals surface area (Å²) in [6.07, 6.45) is 7.72. The predicted molar refractivity (Wildman–Crippen MR) is 77.6 cm³/mol. The summed E-state index contributed by atoms with van der Waals surface area (Å²) in [4.78, 5) is 4.56. The predicted octanol–water partition coefficient (Wildman–Crippen LogP) is 2.64. The Balaban J connectivity index is 1.95. The summed E-state index contributed by atoms with van der Waals surface area (Å²) in [6.45, 7) is 2.05. The summed E-state index contributed by atoms with van der Waals surface area (Å²) in [5, 5.41) is 0. The van der Waals surface area contributed by atoms with Crippen molar-refractivity contribution in [2.45, 2.75) is 45.1 Å². The van der Waals surface area contributed by atoms with Gasteiger partial charge in [0.1, 0.15) is 0 Å². The lowest BCUT2D eigenvalue weighted by molar-refractivity contribution is 0.655. The van der Waals surface area contributed by atoms with Crippen LogP contribution in [0.5, 0.6) is 0 Å². The van der Waals surface area contributed by atoms with Crippen LogP contribution in [0.25, 0.3) is 5.69 Å². The van der Waals surface area contributed by atoms with Crippen LogP contribution in [-0.4, -0.2) is 15.6 Å². The van der Waals surface area contributed by atoms with Crippen molar-refractivity contribution >= 4 is 0 Å². The average Bonchev–Trinajstić information content (AvgIpc) is 2.82. The quantitative estimate of drug-likeness (QED) is 0.916. The maximum Gasteiger partial charge on any atom is 0.0997 e. The van der Waals surface area contributed by atoms with E-state index in [1.165, 1.54) is 35.5 Å². The number of hydrogen-bond donors (Lipinski definition) is 1. The smallest absolute Gasteiger partial charge is 0.0997 e. The maximum atomic E-state index is 5.88. The van der Waals surface area contributed by atoms with E-state index in [0.29, 0.717) is 0 Å². The molecular weight excluding hydrogens is 234 g/mol. The minimum Gasteiger partial charge on any atom is -0.328 e. The van der Waals surface area contributed by atoms with Crippen molar-refractivity contribution < 1.29 is 0 Å². The molecule has 0 radical (unpaired) electrons. The molecule has 3 rings (SSSR count). The van der Waals surface area contributed by atoms with Crippen molar-refractivity contribution in [1.29, 1.82) is 0 Å². The normalized spacial score (nSPS) is 16.1. The van der Waals surface area contributed by atoms with Gasteiger partial charge >= 0.3 is 0 Å². The van der Waals surface area contributed by atoms with Crippen LogP contribution in [-0.2, 0) is 19.3 Å². The number of nitrogens with zero attached hydrogens (tertiary/aromatic N) is 2. The minimum atomic E-state index is 0.201. The molecule has 0 saturated heterocycles. The van der Waals surface area contributed by atoms with Gasteiger partial charge in [0, 0.05) is 17.4 Å². The van der Waals surface area contributed by atoms with Crippen LogP contribution in [0.2, 0.25) is 0 Å². The lowest BCUT2D eigenvalue weighted by atomic mass is 10.0. The number of rotatable bonds is 3. The van der Waals surface area contributed by atoms with Crippen LogP contribution in [0.15, 0.2) is 30.6 Å². The molecule has 1 aromatic heterocycles. The highest BCUT2D eigenvalue weighted by atomic mass is 15.1. The molecule has 0 fully saturated rings. The van der Waals surface area contributed by atoms with Crippen LogP contribution in [0.4, 0.5) is 0 Å². The molecule has 1 heterocycles. The van der Waals surface area contributed by atoms with Crippen LogP contribution >= 0.6 is 0 Å². The second-order valence-corrected chi connectivity index (χ2v) is 5.57. The molecule has 1 atom stereocenters. The second kappa shape index (κ2) is 5.17. The summed E-state index contributed by atoms with van der Waals surface area (Å²) in [5.74, 6) is 0. The van der Waals surface area contributed by atoms with Crippen molar-refractivity contribution in [1.82, 2.24) is 9.55 Å². The first-order chi connectivity index (χ1) is 9.24. The fourth-order valence-corrected chi connectivity index (χ4v) is 2.90. The third-order valence-corrected chi connectivity index (χ3v) is 3.78. The fourth-order valence-electron chi connectivity index (χ4n) is 2.90. The molecular formula is C16H21N3. The van der Waals surface area contributed by atoms with Gasteiger partial charge in [-0.3, -0.25) is 0 Å². The highest BCUT2D eigenvalue weighted by Crippen LogP contribution is 2.23. The molecule has 0 bridgehead atoms. The average molecular weight is 255 g/mol. The van der Waals surface area contributed by atoms with Gasteiger partial charge < -0.3 is 10.3 Å². The van der Waals surface area contributed by atoms with Gasteiger partial charge in [0.15, 0.2) is 0 Å². The number of fused-ring (bicyclic) bond motifs is 1. The van der Waals surface area contributed by atoms with E-state index in [9.17, 15) is 0 Å². The zero-order valence-corrected chi connectivity index (χ0v) is 11.5. The largest absolute Gasteiger partial charge is 0.328 e. The first-order valence-corrected chi connectivity index (χ1v) is 7.14. The van der Waals surface area contributed by atoms with Crippen molar-refractivity contribution in [3.63, 3.8) is 0 Å². The van der Waals surface area contributed by atoms with Gasteiger partial charge in [-0.2, -0.15) is 0 Å². The maximum absolute atomic E-state index is 5.88. The van der Waals surface area contributed by atoms with Gasteiger partial charge in [0.05, 0.1) is 12.0 Å². The number of aryl methyl sites for hydroxylation is 1. The van der Waals surface area contributed by atoms with Crippen molar-refractivity contribution in [3.05, 3.63) is 47.5 Å². The molecule has 0 aliphatic heterocycles. The van der Waals surface area contributed by atoms with E-state index in [1.807, 2.05) is 13.3 Å². The highest BCUT2D eigenvalue weighted by Gasteiger charge is 2.16. The van der Waals surface area contributed by atoms with E-state index in [1.54, 1.807) is 0 Å². The molecule has 100 valence electrons. The number of nitrogens with two attached hydrogens (primary N) is 1. The molecule has 3 nitrogen and oxygen atoms in total. The zero-order valence-electron chi connectivity index (χ0n) is 11.5. The van der Waals surface area contributed by atoms with E-state index in [4.69, 9.17) is 5.73 Å². The molecule has 2 N–H and O–H groups in total. The fraction of sp³-hybridized carbons (Fsp3) is 0.438. The van der Waals surface area contributed by atoms with Crippen LogP contribution in [0.1, 0.15) is 36.7 Å². The summed E-state index contributed by atoms with van der Waals surface area (Å²) in [5.41, 5.74) is 11.1. The van der Waals surface area contributed by atoms with E-state index in [-0.39, 0.29) is 6.04 Å². The van der Waals surface area contributed by atoms with Crippen LogP contribution < -0.4 is 5.73 Å². The molecule has 2 aromatic rings. The topological polar surface area (TPSA) is 43.8 Å². The molecule has 3 heteroatoms. The standard InChI is InChI=1S/C16H21N3/c1-12(17)9-13-5-4-6-14(10-13)19-11-18-15-7-2-3-8-16(15)19/h4-6,10-12H,2-3,7-9,17H2,1H3. The highest BCUT2D eigenvalue weighted by molar-refractivity contribution is 5.39. The van der Waals surface area contributed by atoms with Gasteiger partial charge in [-0.1, -0.05) is 12.1 Å². The van der Waals surface area contributed by atoms with Crippen LogP contribution in [0.3, 0.4) is 0 Å². The lowest BCUT2D eigenvalue weighted by Crippen LogP contribution is -2.17. The lowest BCUT2D eigenvalue weighted by Gasteiger charge is -2.15. The Morgan fingerprint density at radius 2 is 2.16 bits per heavy atom. The van der Waals surface area contributed by atoms with E-state index < -0.39 is 0 Å². The Hall–Kier alpha value is -1.61. The SMILES string of the molecule is CC(N)Cc1cccc(-n2cnc3c2CCCC3)c1. The third kappa shape index (κ3) is 2.56. The first-order valence-electron chi connectivity index (χ1n) is 7.14. The summed E-state index contributed by atoms with van der Waals surface area (Å²) < 4.78 is 2.25. The minimum absolute atomic E-state index is 0.201. The van der Waals surface area contributed by atoms with Crippen molar-refractivity contribution in [3.8, 4) is 5.69 Å². The van der Waals surface area contributed by atoms with E-state index in [0.717, 1.165) is 19.3 Å². The Labute approximate surface area is 114 Å². The van der Waals surface area contributed by atoms with E-state index in [2.05, 4.69) is 33.8 Å². The Morgan fingerprint density at radius 3 is 3.00 bits per heavy atom. The van der Waals surface area contributed by atoms with Crippen molar-refractivity contribution in [2.75, 3.05) is 0 Å². The van der Waals surface area contributed by atoms with E-state index >= 15 is 0 Å². The number of aromatic nitrogens is 2. The Kier molecular flexibility index (Phi) is 3.38. The van der Waals surface area contributed by atoms with Gasteiger partial charge in [-0.25, -0.2) is 4.98 Å². The van der Waals surface area contributed by atoms with Gasteiger partial charge in [0.2, 0.25) is 0 Å². The summed E-state index contributed by atoms with van der Waals surface area (Å²) in [7, 11) is 0. The van der Waals surface area contributed by atoms with Crippen molar-refractivity contribution in [2.24, 2.45) is 5.73 Å². The molecule has 1 aromatic carbocycles. The monoisotopic (exact) mass is 255 g/mol. The molecule has 1 aliphatic carbocycles. The number of benzene rings is 1. The molecule has 0 saturated carbocycles. The van der Waals surface area contributed by atoms with Gasteiger partial charge in [-0.15, -0.1) is 0 Å². The van der Waals surface area contributed by atoms with Gasteiger partial charge in [0.25, 0.3) is 0 Å². The number of imidazole rings is 1. The van der Waals surface area contributed by atoms with Gasteiger partial charge in [-0.05, 0) is 56.7 Å². The summed E-state index contributed by atoms with van der Waals surface area (Å²) >= 11 is 0. The first kappa shape index (κ1) is 12.4. The van der Waals surface area contributed by atoms with Crippen LogP contribution in [0, 0.1) is 0 Å². The second-order valence-electron chi connectivity index (χ2n) is 5.57. The Morgan fingerprint density at radius 1 is 1.32 bits per heavy atom. The summed E-state index contributed by atoms with van der Waals surface area (Å²) in [6, 6.07) is 8.85. The molecule has 0 spiro atoms. The third-order valence-electron chi connectivity index (χ3n) is 3.78.